The summed E-state index contributed by atoms with van der Waals surface area (Å²) in [7, 11) is 1.94. The Morgan fingerprint density at radius 3 is 2.70 bits per heavy atom. The van der Waals surface area contributed by atoms with Crippen LogP contribution in [0.15, 0.2) is 61.2 Å². The van der Waals surface area contributed by atoms with Gasteiger partial charge in [-0.05, 0) is 35.7 Å². The Morgan fingerprint density at radius 1 is 1.15 bits per heavy atom. The van der Waals surface area contributed by atoms with Crippen molar-refractivity contribution in [1.29, 1.82) is 0 Å². The summed E-state index contributed by atoms with van der Waals surface area (Å²) in [4.78, 5) is 26.8. The van der Waals surface area contributed by atoms with Crippen LogP contribution in [0.25, 0.3) is 0 Å². The summed E-state index contributed by atoms with van der Waals surface area (Å²) in [6.07, 6.45) is 5.82. The number of likely N-dealkylation sites (N-methyl/N-ethyl adjacent to an activating group) is 1. The van der Waals surface area contributed by atoms with Gasteiger partial charge in [0, 0.05) is 43.6 Å². The topological polar surface area (TPSA) is 71.0 Å². The molecule has 0 atom stereocenters. The molecule has 7 heteroatoms. The maximum atomic E-state index is 12.4. The second-order valence-electron chi connectivity index (χ2n) is 6.06. The summed E-state index contributed by atoms with van der Waals surface area (Å²) < 4.78 is 0. The van der Waals surface area contributed by atoms with E-state index in [1.807, 2.05) is 42.3 Å². The van der Waals surface area contributed by atoms with Crippen LogP contribution in [0.3, 0.4) is 0 Å². The number of rotatable bonds is 7. The number of carbonyl (C=O) groups excluding carboxylic acids is 1. The average Bonchev–Trinajstić information content (AvgIpc) is 2.72. The molecule has 138 valence electrons. The third-order valence-electron chi connectivity index (χ3n) is 4.16. The lowest BCUT2D eigenvalue weighted by Crippen LogP contribution is -2.26. The molecule has 2 heterocycles. The fourth-order valence-electron chi connectivity index (χ4n) is 2.55. The Kier molecular flexibility index (Phi) is 6.33. The molecule has 0 saturated heterocycles. The molecule has 6 nitrogen and oxygen atoms in total. The molecule has 0 aliphatic rings. The van der Waals surface area contributed by atoms with Gasteiger partial charge in [-0.25, -0.2) is 9.97 Å². The molecular weight excluding hydrogens is 362 g/mol. The van der Waals surface area contributed by atoms with Gasteiger partial charge in [0.15, 0.2) is 0 Å². The number of halogens is 1. The second-order valence-corrected chi connectivity index (χ2v) is 6.47. The minimum atomic E-state index is -0.263. The maximum Gasteiger partial charge on any atom is 0.270 e. The van der Waals surface area contributed by atoms with E-state index in [0.717, 1.165) is 18.5 Å². The third kappa shape index (κ3) is 5.24. The third-order valence-corrected chi connectivity index (χ3v) is 4.53. The van der Waals surface area contributed by atoms with Gasteiger partial charge in [-0.2, -0.15) is 0 Å². The van der Waals surface area contributed by atoms with E-state index in [1.165, 1.54) is 11.9 Å². The number of nitrogens with zero attached hydrogens (tertiary/aromatic N) is 4. The van der Waals surface area contributed by atoms with E-state index in [1.54, 1.807) is 24.5 Å². The summed E-state index contributed by atoms with van der Waals surface area (Å²) in [6, 6.07) is 13.1. The van der Waals surface area contributed by atoms with Gasteiger partial charge in [-0.15, -0.1) is 0 Å². The summed E-state index contributed by atoms with van der Waals surface area (Å²) >= 11 is 6.12. The van der Waals surface area contributed by atoms with Crippen molar-refractivity contribution in [1.82, 2.24) is 20.3 Å². The van der Waals surface area contributed by atoms with Crippen molar-refractivity contribution >= 4 is 23.3 Å². The van der Waals surface area contributed by atoms with Crippen LogP contribution >= 0.6 is 11.6 Å². The highest BCUT2D eigenvalue weighted by Crippen LogP contribution is 2.15. The van der Waals surface area contributed by atoms with Crippen LogP contribution in [0.2, 0.25) is 5.02 Å². The Bertz CT molecular complexity index is 904. The number of hydrogen-bond acceptors (Lipinski definition) is 5. The first-order chi connectivity index (χ1) is 13.1. The quantitative estimate of drug-likeness (QED) is 0.680. The maximum absolute atomic E-state index is 12.4. The number of nitrogens with one attached hydrogen (secondary N) is 1. The van der Waals surface area contributed by atoms with Gasteiger partial charge in [-0.3, -0.25) is 9.78 Å². The first-order valence-corrected chi connectivity index (χ1v) is 8.95. The Morgan fingerprint density at radius 2 is 1.93 bits per heavy atom. The second kappa shape index (κ2) is 9.09. The van der Waals surface area contributed by atoms with E-state index < -0.39 is 0 Å². The Hall–Kier alpha value is -2.99. The normalized spacial score (nSPS) is 10.4. The van der Waals surface area contributed by atoms with Gasteiger partial charge in [-0.1, -0.05) is 29.8 Å². The minimum Gasteiger partial charge on any atom is -0.359 e. The van der Waals surface area contributed by atoms with Gasteiger partial charge >= 0.3 is 0 Å². The molecule has 0 unspecified atom stereocenters. The lowest BCUT2D eigenvalue weighted by atomic mass is 10.2. The molecule has 1 aromatic carbocycles. The predicted octanol–water partition coefficient (Wildman–Crippen LogP) is 3.13. The zero-order valence-electron chi connectivity index (χ0n) is 15.0. The molecule has 0 fully saturated rings. The molecule has 1 N–H and O–H groups in total. The van der Waals surface area contributed by atoms with Crippen LogP contribution < -0.4 is 10.2 Å². The lowest BCUT2D eigenvalue weighted by molar-refractivity contribution is 0.0946. The molecule has 0 aliphatic carbocycles. The number of amides is 1. The number of hydrogen-bond donors (Lipinski definition) is 1. The molecule has 0 radical (unpaired) electrons. The van der Waals surface area contributed by atoms with Crippen LogP contribution in [-0.2, 0) is 13.0 Å². The SMILES string of the molecule is CN(CCc1ccncc1)c1cc(C(=O)NCc2ccccc2Cl)ncn1. The highest BCUT2D eigenvalue weighted by Gasteiger charge is 2.11. The summed E-state index contributed by atoms with van der Waals surface area (Å²) in [6.45, 7) is 1.11. The van der Waals surface area contributed by atoms with Crippen LogP contribution in [0.4, 0.5) is 5.82 Å². The highest BCUT2D eigenvalue weighted by molar-refractivity contribution is 6.31. The molecule has 3 rings (SSSR count). The van der Waals surface area contributed by atoms with Crippen LogP contribution in [0, 0.1) is 0 Å². The van der Waals surface area contributed by atoms with Gasteiger partial charge in [0.1, 0.15) is 17.8 Å². The average molecular weight is 382 g/mol. The Balaban J connectivity index is 1.60. The molecule has 0 aliphatic heterocycles. The van der Waals surface area contributed by atoms with Gasteiger partial charge in [0.25, 0.3) is 5.91 Å². The molecule has 0 spiro atoms. The first-order valence-electron chi connectivity index (χ1n) is 8.57. The van der Waals surface area contributed by atoms with Crippen LogP contribution in [0.1, 0.15) is 21.6 Å². The number of anilines is 1. The van der Waals surface area contributed by atoms with Gasteiger partial charge in [0.2, 0.25) is 0 Å². The lowest BCUT2D eigenvalue weighted by Gasteiger charge is -2.18. The summed E-state index contributed by atoms with van der Waals surface area (Å²) in [5.74, 6) is 0.433. The highest BCUT2D eigenvalue weighted by atomic mass is 35.5. The molecule has 1 amide bonds. The van der Waals surface area contributed by atoms with Crippen molar-refractivity contribution in [2.75, 3.05) is 18.5 Å². The Labute approximate surface area is 163 Å². The molecule has 2 aromatic heterocycles. The van der Waals surface area contributed by atoms with Crippen molar-refractivity contribution in [2.24, 2.45) is 0 Å². The molecule has 3 aromatic rings. The minimum absolute atomic E-state index is 0.263. The van der Waals surface area contributed by atoms with E-state index in [-0.39, 0.29) is 5.91 Å². The van der Waals surface area contributed by atoms with Crippen molar-refractivity contribution in [2.45, 2.75) is 13.0 Å². The van der Waals surface area contributed by atoms with E-state index in [9.17, 15) is 4.79 Å². The van der Waals surface area contributed by atoms with Gasteiger partial charge < -0.3 is 10.2 Å². The monoisotopic (exact) mass is 381 g/mol. The van der Waals surface area contributed by atoms with Crippen molar-refractivity contribution in [3.63, 3.8) is 0 Å². The smallest absolute Gasteiger partial charge is 0.270 e. The number of aromatic nitrogens is 3. The van der Waals surface area contributed by atoms with Crippen molar-refractivity contribution in [3.8, 4) is 0 Å². The van der Waals surface area contributed by atoms with Crippen molar-refractivity contribution in [3.05, 3.63) is 83.0 Å². The van der Waals surface area contributed by atoms with Crippen molar-refractivity contribution < 1.29 is 4.79 Å². The summed E-state index contributed by atoms with van der Waals surface area (Å²) in [5.41, 5.74) is 2.38. The molecule has 27 heavy (non-hydrogen) atoms. The zero-order chi connectivity index (χ0) is 19.1. The van der Waals surface area contributed by atoms with Gasteiger partial charge in [0.05, 0.1) is 0 Å². The molecule has 0 saturated carbocycles. The fourth-order valence-corrected chi connectivity index (χ4v) is 2.75. The predicted molar refractivity (Wildman–Crippen MR) is 106 cm³/mol. The molecule has 0 bridgehead atoms. The molecular formula is C20H20ClN5O. The standard InChI is InChI=1S/C20H20ClN5O/c1-26(11-8-15-6-9-22-10-7-15)19-12-18(24-14-25-19)20(27)23-13-16-4-2-3-5-17(16)21/h2-7,9-10,12,14H,8,11,13H2,1H3,(H,23,27). The fraction of sp³-hybridized carbons (Fsp3) is 0.200. The van der Waals surface area contributed by atoms with Crippen LogP contribution in [0.5, 0.6) is 0 Å². The number of pyridine rings is 1. The van der Waals surface area contributed by atoms with Crippen LogP contribution in [-0.4, -0.2) is 34.5 Å². The zero-order valence-corrected chi connectivity index (χ0v) is 15.7. The number of carbonyl (C=O) groups is 1. The van der Waals surface area contributed by atoms with E-state index in [4.69, 9.17) is 11.6 Å². The summed E-state index contributed by atoms with van der Waals surface area (Å²) in [5, 5.41) is 3.46. The first kappa shape index (κ1) is 18.8. The van der Waals surface area contributed by atoms with E-state index in [2.05, 4.69) is 20.3 Å². The van der Waals surface area contributed by atoms with E-state index >= 15 is 0 Å². The largest absolute Gasteiger partial charge is 0.359 e. The number of benzene rings is 1. The van der Waals surface area contributed by atoms with E-state index in [0.29, 0.717) is 23.1 Å².